The van der Waals surface area contributed by atoms with E-state index >= 15 is 0 Å². The largest absolute Gasteiger partial charge is 0.324 e. The van der Waals surface area contributed by atoms with Gasteiger partial charge in [-0.05, 0) is 48.4 Å². The molecule has 31 heavy (non-hydrogen) atoms. The third kappa shape index (κ3) is 6.21. The highest BCUT2D eigenvalue weighted by molar-refractivity contribution is 7.89. The first-order chi connectivity index (χ1) is 14.8. The molecule has 0 fully saturated rings. The number of carbonyl (C=O) groups excluding carboxylic acids is 1. The molecule has 0 bridgehead atoms. The standard InChI is InChI=1S/C22H19Cl3N2O3S/c23-17-9-11-18(12-10-17)31(29,30)27(14-13-16-5-2-1-3-6-16)15-21(28)26-20-8-4-7-19(24)22(20)25/h1-12H,13-15H2,(H,26,28). The van der Waals surface area contributed by atoms with Crippen LogP contribution in [-0.2, 0) is 21.2 Å². The summed E-state index contributed by atoms with van der Waals surface area (Å²) in [6.45, 7) is -0.272. The minimum Gasteiger partial charge on any atom is -0.324 e. The monoisotopic (exact) mass is 496 g/mol. The number of nitrogens with zero attached hydrogens (tertiary/aromatic N) is 1. The zero-order valence-corrected chi connectivity index (χ0v) is 19.3. The number of sulfonamides is 1. The van der Waals surface area contributed by atoms with Crippen LogP contribution in [0.15, 0.2) is 77.7 Å². The maximum atomic E-state index is 13.2. The molecule has 0 aromatic heterocycles. The van der Waals surface area contributed by atoms with Crippen molar-refractivity contribution in [2.45, 2.75) is 11.3 Å². The van der Waals surface area contributed by atoms with E-state index in [1.54, 1.807) is 18.2 Å². The molecule has 0 radical (unpaired) electrons. The summed E-state index contributed by atoms with van der Waals surface area (Å²) in [6, 6.07) is 20.1. The average Bonchev–Trinajstić information content (AvgIpc) is 2.75. The number of nitrogens with one attached hydrogen (secondary N) is 1. The Kier molecular flexibility index (Phi) is 7.97. The first kappa shape index (κ1) is 23.6. The van der Waals surface area contributed by atoms with Crippen molar-refractivity contribution >= 4 is 56.4 Å². The van der Waals surface area contributed by atoms with E-state index in [-0.39, 0.29) is 28.0 Å². The summed E-state index contributed by atoms with van der Waals surface area (Å²) in [6.07, 6.45) is 0.443. The van der Waals surface area contributed by atoms with Gasteiger partial charge in [0.1, 0.15) is 0 Å². The number of anilines is 1. The Balaban J connectivity index is 1.83. The molecular weight excluding hydrogens is 479 g/mol. The minimum atomic E-state index is -3.94. The van der Waals surface area contributed by atoms with Crippen LogP contribution in [0, 0.1) is 0 Å². The van der Waals surface area contributed by atoms with Crippen molar-refractivity contribution in [3.63, 3.8) is 0 Å². The first-order valence-electron chi connectivity index (χ1n) is 9.31. The van der Waals surface area contributed by atoms with Gasteiger partial charge >= 0.3 is 0 Å². The van der Waals surface area contributed by atoms with E-state index in [0.717, 1.165) is 9.87 Å². The Morgan fingerprint density at radius 3 is 2.23 bits per heavy atom. The van der Waals surface area contributed by atoms with Gasteiger partial charge in [0.05, 0.1) is 27.2 Å². The van der Waals surface area contributed by atoms with Gasteiger partial charge in [-0.25, -0.2) is 8.42 Å². The molecule has 0 atom stereocenters. The van der Waals surface area contributed by atoms with Gasteiger partial charge in [0, 0.05) is 11.6 Å². The van der Waals surface area contributed by atoms with Crippen LogP contribution >= 0.6 is 34.8 Å². The lowest BCUT2D eigenvalue weighted by Crippen LogP contribution is -2.39. The van der Waals surface area contributed by atoms with Crippen molar-refractivity contribution < 1.29 is 13.2 Å². The number of rotatable bonds is 8. The van der Waals surface area contributed by atoms with Crippen LogP contribution in [0.25, 0.3) is 0 Å². The average molecular weight is 498 g/mol. The molecule has 0 unspecified atom stereocenters. The van der Waals surface area contributed by atoms with Crippen molar-refractivity contribution in [3.8, 4) is 0 Å². The van der Waals surface area contributed by atoms with Crippen molar-refractivity contribution in [2.75, 3.05) is 18.4 Å². The Labute approximate surface area is 196 Å². The Morgan fingerprint density at radius 2 is 1.55 bits per heavy atom. The third-order valence-electron chi connectivity index (χ3n) is 4.49. The highest BCUT2D eigenvalue weighted by Gasteiger charge is 2.27. The second-order valence-electron chi connectivity index (χ2n) is 6.68. The Morgan fingerprint density at radius 1 is 0.871 bits per heavy atom. The number of hydrogen-bond acceptors (Lipinski definition) is 3. The number of hydrogen-bond donors (Lipinski definition) is 1. The first-order valence-corrected chi connectivity index (χ1v) is 11.9. The van der Waals surface area contributed by atoms with Gasteiger partial charge in [-0.1, -0.05) is 71.2 Å². The highest BCUT2D eigenvalue weighted by Crippen LogP contribution is 2.29. The van der Waals surface area contributed by atoms with Gasteiger partial charge in [0.2, 0.25) is 15.9 Å². The van der Waals surface area contributed by atoms with Crippen LogP contribution in [0.2, 0.25) is 15.1 Å². The van der Waals surface area contributed by atoms with E-state index in [1.165, 1.54) is 24.3 Å². The summed E-state index contributed by atoms with van der Waals surface area (Å²) < 4.78 is 27.6. The minimum absolute atomic E-state index is 0.0542. The van der Waals surface area contributed by atoms with Gasteiger partial charge in [-0.15, -0.1) is 0 Å². The fraction of sp³-hybridized carbons (Fsp3) is 0.136. The molecule has 0 aliphatic heterocycles. The molecule has 3 aromatic rings. The molecule has 1 N–H and O–H groups in total. The number of amides is 1. The van der Waals surface area contributed by atoms with E-state index in [9.17, 15) is 13.2 Å². The highest BCUT2D eigenvalue weighted by atomic mass is 35.5. The van der Waals surface area contributed by atoms with E-state index in [0.29, 0.717) is 17.1 Å². The molecule has 5 nitrogen and oxygen atoms in total. The van der Waals surface area contributed by atoms with Crippen molar-refractivity contribution in [1.82, 2.24) is 4.31 Å². The molecule has 0 heterocycles. The lowest BCUT2D eigenvalue weighted by atomic mass is 10.1. The maximum Gasteiger partial charge on any atom is 0.243 e. The topological polar surface area (TPSA) is 66.5 Å². The maximum absolute atomic E-state index is 13.2. The second kappa shape index (κ2) is 10.5. The summed E-state index contributed by atoms with van der Waals surface area (Å²) in [4.78, 5) is 12.7. The molecule has 9 heteroatoms. The summed E-state index contributed by atoms with van der Waals surface area (Å²) in [5, 5.41) is 3.52. The van der Waals surface area contributed by atoms with E-state index in [1.807, 2.05) is 30.3 Å². The summed E-state index contributed by atoms with van der Waals surface area (Å²) >= 11 is 18.0. The lowest BCUT2D eigenvalue weighted by molar-refractivity contribution is -0.116. The van der Waals surface area contributed by atoms with Crippen LogP contribution in [-0.4, -0.2) is 31.7 Å². The van der Waals surface area contributed by atoms with Crippen molar-refractivity contribution in [2.24, 2.45) is 0 Å². The predicted molar refractivity (Wildman–Crippen MR) is 125 cm³/mol. The van der Waals surface area contributed by atoms with Crippen molar-refractivity contribution in [3.05, 3.63) is 93.4 Å². The van der Waals surface area contributed by atoms with Crippen LogP contribution in [0.5, 0.6) is 0 Å². The quantitative estimate of drug-likeness (QED) is 0.446. The molecule has 3 rings (SSSR count). The molecule has 0 aliphatic rings. The number of halogens is 3. The molecule has 0 saturated heterocycles. The SMILES string of the molecule is O=C(CN(CCc1ccccc1)S(=O)(=O)c1ccc(Cl)cc1)Nc1cccc(Cl)c1Cl. The fourth-order valence-corrected chi connectivity index (χ4v) is 4.76. The summed E-state index contributed by atoms with van der Waals surface area (Å²) in [5.41, 5.74) is 1.27. The second-order valence-corrected chi connectivity index (χ2v) is 9.84. The molecule has 3 aromatic carbocycles. The van der Waals surface area contributed by atoms with Gasteiger partial charge in [-0.2, -0.15) is 4.31 Å². The summed E-state index contributed by atoms with van der Waals surface area (Å²) in [5.74, 6) is -0.533. The number of benzene rings is 3. The Bertz CT molecular complexity index is 1150. The van der Waals surface area contributed by atoms with E-state index in [2.05, 4.69) is 5.32 Å². The van der Waals surface area contributed by atoms with Gasteiger partial charge in [-0.3, -0.25) is 4.79 Å². The fourth-order valence-electron chi connectivity index (χ4n) is 2.89. The Hall–Kier alpha value is -2.09. The normalized spacial score (nSPS) is 11.5. The molecule has 162 valence electrons. The lowest BCUT2D eigenvalue weighted by Gasteiger charge is -2.22. The number of carbonyl (C=O) groups is 1. The van der Waals surface area contributed by atoms with Gasteiger partial charge < -0.3 is 5.32 Å². The molecule has 1 amide bonds. The summed E-state index contributed by atoms with van der Waals surface area (Å²) in [7, 11) is -3.94. The van der Waals surface area contributed by atoms with E-state index < -0.39 is 15.9 Å². The zero-order valence-electron chi connectivity index (χ0n) is 16.3. The van der Waals surface area contributed by atoms with Crippen molar-refractivity contribution in [1.29, 1.82) is 0 Å². The van der Waals surface area contributed by atoms with E-state index in [4.69, 9.17) is 34.8 Å². The van der Waals surface area contributed by atoms with Gasteiger partial charge in [0.25, 0.3) is 0 Å². The van der Waals surface area contributed by atoms with Crippen LogP contribution in [0.3, 0.4) is 0 Å². The molecule has 0 saturated carbocycles. The smallest absolute Gasteiger partial charge is 0.243 e. The zero-order chi connectivity index (χ0) is 22.4. The van der Waals surface area contributed by atoms with Gasteiger partial charge in [0.15, 0.2) is 0 Å². The molecule has 0 aliphatic carbocycles. The van der Waals surface area contributed by atoms with Crippen LogP contribution < -0.4 is 5.32 Å². The molecule has 0 spiro atoms. The third-order valence-corrected chi connectivity index (χ3v) is 7.42. The van der Waals surface area contributed by atoms with Crippen LogP contribution in [0.1, 0.15) is 5.56 Å². The predicted octanol–water partition coefficient (Wildman–Crippen LogP) is 5.52. The van der Waals surface area contributed by atoms with Crippen LogP contribution in [0.4, 0.5) is 5.69 Å². The molecular formula is C22H19Cl3N2O3S.